The van der Waals surface area contributed by atoms with Gasteiger partial charge in [-0.1, -0.05) is 97.1 Å². The minimum absolute atomic E-state index is 0.394. The molecule has 27 heavy (non-hydrogen) atoms. The molecule has 0 aliphatic carbocycles. The molecule has 3 aromatic rings. The topological polar surface area (TPSA) is 35.5 Å². The van der Waals surface area contributed by atoms with Gasteiger partial charge in [0.2, 0.25) is 0 Å². The largest absolute Gasteiger partial charge is 0.449 e. The van der Waals surface area contributed by atoms with Crippen molar-refractivity contribution in [2.45, 2.75) is 6.29 Å². The summed E-state index contributed by atoms with van der Waals surface area (Å²) < 4.78 is 11.6. The van der Waals surface area contributed by atoms with Crippen LogP contribution in [-0.4, -0.2) is 12.3 Å². The average Bonchev–Trinajstić information content (AvgIpc) is 2.74. The van der Waals surface area contributed by atoms with Crippen LogP contribution in [-0.2, 0) is 14.3 Å². The third kappa shape index (κ3) is 3.82. The number of cyclic esters (lactones) is 1. The Labute approximate surface area is 158 Å². The van der Waals surface area contributed by atoms with Crippen molar-refractivity contribution in [1.29, 1.82) is 0 Å². The molecule has 0 spiro atoms. The van der Waals surface area contributed by atoms with E-state index in [-0.39, 0.29) is 0 Å². The smallest absolute Gasteiger partial charge is 0.345 e. The number of esters is 1. The molecule has 0 saturated carbocycles. The normalized spacial score (nSPS) is 16.9. The summed E-state index contributed by atoms with van der Waals surface area (Å²) in [6.07, 6.45) is 2.85. The van der Waals surface area contributed by atoms with Crippen molar-refractivity contribution < 1.29 is 14.3 Å². The van der Waals surface area contributed by atoms with E-state index >= 15 is 0 Å². The lowest BCUT2D eigenvalue weighted by molar-refractivity contribution is -0.155. The van der Waals surface area contributed by atoms with E-state index < -0.39 is 12.3 Å². The first-order valence-corrected chi connectivity index (χ1v) is 8.77. The van der Waals surface area contributed by atoms with Crippen molar-refractivity contribution in [1.82, 2.24) is 0 Å². The van der Waals surface area contributed by atoms with Gasteiger partial charge in [-0.2, -0.15) is 0 Å². The fraction of sp³-hybridized carbons (Fsp3) is 0.0417. The number of rotatable bonds is 4. The quantitative estimate of drug-likeness (QED) is 0.607. The fourth-order valence-corrected chi connectivity index (χ4v) is 2.94. The van der Waals surface area contributed by atoms with Gasteiger partial charge in [0.1, 0.15) is 11.3 Å². The maximum atomic E-state index is 12.8. The lowest BCUT2D eigenvalue weighted by Gasteiger charge is -2.26. The predicted molar refractivity (Wildman–Crippen MR) is 106 cm³/mol. The molecule has 3 heteroatoms. The van der Waals surface area contributed by atoms with Crippen LogP contribution in [0.3, 0.4) is 0 Å². The Morgan fingerprint density at radius 2 is 1.22 bits per heavy atom. The lowest BCUT2D eigenvalue weighted by atomic mass is 10.00. The van der Waals surface area contributed by atoms with E-state index in [0.29, 0.717) is 11.3 Å². The minimum atomic E-state index is -0.777. The standard InChI is InChI=1S/C24H18O3/c25-24-22(19-12-6-2-7-13-19)23(20-14-8-3-9-15-20)26-21(27-24)17-16-18-10-4-1-5-11-18/h1-17,21H/b17-16+/t21-/m1/s1. The zero-order valence-electron chi connectivity index (χ0n) is 14.6. The molecule has 1 heterocycles. The van der Waals surface area contributed by atoms with Crippen molar-refractivity contribution >= 4 is 23.4 Å². The van der Waals surface area contributed by atoms with Crippen LogP contribution in [0.2, 0.25) is 0 Å². The van der Waals surface area contributed by atoms with Crippen molar-refractivity contribution in [2.75, 3.05) is 0 Å². The monoisotopic (exact) mass is 354 g/mol. The summed E-state index contributed by atoms with van der Waals surface area (Å²) in [6, 6.07) is 28.9. The Bertz CT molecular complexity index is 974. The number of carbonyl (C=O) groups is 1. The van der Waals surface area contributed by atoms with Gasteiger partial charge < -0.3 is 9.47 Å². The summed E-state index contributed by atoms with van der Waals surface area (Å²) in [4.78, 5) is 12.8. The highest BCUT2D eigenvalue weighted by molar-refractivity contribution is 6.24. The maximum Gasteiger partial charge on any atom is 0.345 e. The van der Waals surface area contributed by atoms with E-state index in [2.05, 4.69) is 0 Å². The third-order valence-electron chi connectivity index (χ3n) is 4.23. The highest BCUT2D eigenvalue weighted by Gasteiger charge is 2.30. The molecule has 1 aliphatic rings. The van der Waals surface area contributed by atoms with Gasteiger partial charge >= 0.3 is 5.97 Å². The first-order valence-electron chi connectivity index (χ1n) is 8.77. The van der Waals surface area contributed by atoms with Gasteiger partial charge in [0.15, 0.2) is 0 Å². The molecule has 0 saturated heterocycles. The van der Waals surface area contributed by atoms with Gasteiger partial charge in [-0.05, 0) is 17.2 Å². The van der Waals surface area contributed by atoms with Crippen molar-refractivity contribution in [3.63, 3.8) is 0 Å². The summed E-state index contributed by atoms with van der Waals surface area (Å²) in [5.41, 5.74) is 3.06. The molecular weight excluding hydrogens is 336 g/mol. The van der Waals surface area contributed by atoms with Crippen LogP contribution in [0.4, 0.5) is 0 Å². The molecule has 0 bridgehead atoms. The second kappa shape index (κ2) is 7.75. The van der Waals surface area contributed by atoms with E-state index in [4.69, 9.17) is 9.47 Å². The van der Waals surface area contributed by atoms with Crippen molar-refractivity contribution in [2.24, 2.45) is 0 Å². The molecule has 1 aliphatic heterocycles. The molecule has 0 fully saturated rings. The maximum absolute atomic E-state index is 12.8. The number of carbonyl (C=O) groups excluding carboxylic acids is 1. The zero-order chi connectivity index (χ0) is 18.5. The molecule has 1 atom stereocenters. The minimum Gasteiger partial charge on any atom is -0.449 e. The molecule has 3 nitrogen and oxygen atoms in total. The zero-order valence-corrected chi connectivity index (χ0v) is 14.6. The molecule has 4 rings (SSSR count). The lowest BCUT2D eigenvalue weighted by Crippen LogP contribution is -2.26. The van der Waals surface area contributed by atoms with E-state index in [9.17, 15) is 4.79 Å². The van der Waals surface area contributed by atoms with E-state index in [1.54, 1.807) is 6.08 Å². The Balaban J connectivity index is 1.72. The summed E-state index contributed by atoms with van der Waals surface area (Å²) in [5.74, 6) is 0.134. The van der Waals surface area contributed by atoms with E-state index in [0.717, 1.165) is 16.7 Å². The van der Waals surface area contributed by atoms with E-state index in [1.807, 2.05) is 97.1 Å². The van der Waals surface area contributed by atoms with Crippen molar-refractivity contribution in [3.8, 4) is 0 Å². The Morgan fingerprint density at radius 3 is 1.85 bits per heavy atom. The van der Waals surface area contributed by atoms with Crippen LogP contribution in [0, 0.1) is 0 Å². The number of ether oxygens (including phenoxy) is 2. The van der Waals surface area contributed by atoms with Crippen LogP contribution in [0.25, 0.3) is 17.4 Å². The Morgan fingerprint density at radius 1 is 0.667 bits per heavy atom. The second-order valence-corrected chi connectivity index (χ2v) is 6.10. The number of hydrogen-bond donors (Lipinski definition) is 0. The third-order valence-corrected chi connectivity index (χ3v) is 4.23. The van der Waals surface area contributed by atoms with Gasteiger partial charge in [-0.15, -0.1) is 0 Å². The fourth-order valence-electron chi connectivity index (χ4n) is 2.94. The molecular formula is C24H18O3. The first-order chi connectivity index (χ1) is 13.3. The van der Waals surface area contributed by atoms with Gasteiger partial charge in [0.05, 0.1) is 0 Å². The summed E-state index contributed by atoms with van der Waals surface area (Å²) in [5, 5.41) is 0. The van der Waals surface area contributed by atoms with Gasteiger partial charge in [0, 0.05) is 5.56 Å². The molecule has 3 aromatic carbocycles. The predicted octanol–water partition coefficient (Wildman–Crippen LogP) is 5.17. The van der Waals surface area contributed by atoms with Crippen LogP contribution < -0.4 is 0 Å². The summed E-state index contributed by atoms with van der Waals surface area (Å²) in [6.45, 7) is 0. The van der Waals surface area contributed by atoms with Crippen LogP contribution >= 0.6 is 0 Å². The van der Waals surface area contributed by atoms with E-state index in [1.165, 1.54) is 0 Å². The van der Waals surface area contributed by atoms with Gasteiger partial charge in [0.25, 0.3) is 6.29 Å². The molecule has 0 aromatic heterocycles. The molecule has 132 valence electrons. The summed E-state index contributed by atoms with van der Waals surface area (Å²) in [7, 11) is 0. The van der Waals surface area contributed by atoms with Crippen LogP contribution in [0.5, 0.6) is 0 Å². The number of hydrogen-bond acceptors (Lipinski definition) is 3. The second-order valence-electron chi connectivity index (χ2n) is 6.10. The molecule has 0 radical (unpaired) electrons. The molecule has 0 N–H and O–H groups in total. The van der Waals surface area contributed by atoms with Crippen LogP contribution in [0.1, 0.15) is 16.7 Å². The SMILES string of the molecule is O=C1O[C@H](/C=C/c2ccccc2)OC(c2ccccc2)=C1c1ccccc1. The molecule has 0 unspecified atom stereocenters. The number of benzene rings is 3. The van der Waals surface area contributed by atoms with Crippen LogP contribution in [0.15, 0.2) is 97.1 Å². The van der Waals surface area contributed by atoms with Gasteiger partial charge in [-0.25, -0.2) is 4.79 Å². The summed E-state index contributed by atoms with van der Waals surface area (Å²) >= 11 is 0. The van der Waals surface area contributed by atoms with Crippen molar-refractivity contribution in [3.05, 3.63) is 114 Å². The van der Waals surface area contributed by atoms with Gasteiger partial charge in [-0.3, -0.25) is 0 Å². The first kappa shape index (κ1) is 16.9. The molecule has 0 amide bonds. The average molecular weight is 354 g/mol. The Hall–Kier alpha value is -3.59. The Kier molecular flexibility index (Phi) is 4.84. The highest BCUT2D eigenvalue weighted by Crippen LogP contribution is 2.34. The highest BCUT2D eigenvalue weighted by atomic mass is 16.7.